The average molecular weight is 500 g/mol. The van der Waals surface area contributed by atoms with Gasteiger partial charge in [0.25, 0.3) is 5.56 Å². The van der Waals surface area contributed by atoms with Gasteiger partial charge in [0.2, 0.25) is 5.91 Å². The van der Waals surface area contributed by atoms with Crippen molar-refractivity contribution < 1.29 is 4.79 Å². The molecule has 5 nitrogen and oxygen atoms in total. The standard InChI is InChI=1S/C33H29N3O2/c1-21(2)22(3)33(38)35-19-26-10-12-28(17-27(26)20-35)36-31(37)14-11-25-18-34-30-13-9-24(16-29(30)32(25)36)15-23-7-5-4-6-8-23/h4-14,16-18H,15,19-20H2,1-3H3. The van der Waals surface area contributed by atoms with Crippen molar-refractivity contribution in [2.75, 3.05) is 0 Å². The van der Waals surface area contributed by atoms with Crippen molar-refractivity contribution in [3.63, 3.8) is 0 Å². The van der Waals surface area contributed by atoms with Crippen LogP contribution in [0.15, 0.2) is 101 Å². The molecular formula is C33H29N3O2. The van der Waals surface area contributed by atoms with E-state index in [1.165, 1.54) is 11.1 Å². The zero-order valence-corrected chi connectivity index (χ0v) is 21.9. The lowest BCUT2D eigenvalue weighted by molar-refractivity contribution is -0.127. The predicted octanol–water partition coefficient (Wildman–Crippen LogP) is 6.33. The number of benzene rings is 3. The molecule has 1 aliphatic heterocycles. The Morgan fingerprint density at radius 1 is 0.842 bits per heavy atom. The van der Waals surface area contributed by atoms with Crippen LogP contribution in [0.1, 0.15) is 43.0 Å². The lowest BCUT2D eigenvalue weighted by Gasteiger charge is -2.16. The van der Waals surface area contributed by atoms with E-state index < -0.39 is 0 Å². The van der Waals surface area contributed by atoms with E-state index in [0.717, 1.165) is 56.2 Å². The normalized spacial score (nSPS) is 12.7. The van der Waals surface area contributed by atoms with Gasteiger partial charge < -0.3 is 4.90 Å². The molecule has 188 valence electrons. The highest BCUT2D eigenvalue weighted by Gasteiger charge is 2.25. The quantitative estimate of drug-likeness (QED) is 0.215. The van der Waals surface area contributed by atoms with Gasteiger partial charge in [0.05, 0.1) is 11.0 Å². The fourth-order valence-electron chi connectivity index (χ4n) is 5.27. The lowest BCUT2D eigenvalue weighted by Crippen LogP contribution is -2.26. The summed E-state index contributed by atoms with van der Waals surface area (Å²) in [5, 5.41) is 1.86. The number of carbonyl (C=O) groups is 1. The highest BCUT2D eigenvalue weighted by molar-refractivity contribution is 6.04. The minimum atomic E-state index is -0.0928. The monoisotopic (exact) mass is 499 g/mol. The number of nitrogens with zero attached hydrogens (tertiary/aromatic N) is 3. The number of fused-ring (bicyclic) bond motifs is 4. The largest absolute Gasteiger partial charge is 0.330 e. The highest BCUT2D eigenvalue weighted by Crippen LogP contribution is 2.30. The summed E-state index contributed by atoms with van der Waals surface area (Å²) in [4.78, 5) is 32.9. The third-order valence-electron chi connectivity index (χ3n) is 7.56. The second-order valence-corrected chi connectivity index (χ2v) is 10.3. The molecule has 38 heavy (non-hydrogen) atoms. The first-order valence-corrected chi connectivity index (χ1v) is 12.9. The Morgan fingerprint density at radius 3 is 2.42 bits per heavy atom. The van der Waals surface area contributed by atoms with Crippen LogP contribution in [0.3, 0.4) is 0 Å². The van der Waals surface area contributed by atoms with E-state index in [2.05, 4.69) is 47.4 Å². The molecule has 0 bridgehead atoms. The SMILES string of the molecule is CC(C)=C(C)C(=O)N1Cc2ccc(-n3c(=O)ccc4cnc5ccc(Cc6ccccc6)cc5c43)cc2C1. The average Bonchev–Trinajstić information content (AvgIpc) is 3.36. The van der Waals surface area contributed by atoms with Crippen molar-refractivity contribution in [2.24, 2.45) is 0 Å². The van der Waals surface area contributed by atoms with Gasteiger partial charge in [0, 0.05) is 47.4 Å². The van der Waals surface area contributed by atoms with Crippen LogP contribution in [0.25, 0.3) is 27.5 Å². The van der Waals surface area contributed by atoms with E-state index in [9.17, 15) is 9.59 Å². The first kappa shape index (κ1) is 23.9. The first-order valence-electron chi connectivity index (χ1n) is 12.9. The number of amides is 1. The number of hydrogen-bond acceptors (Lipinski definition) is 3. The number of rotatable bonds is 4. The second-order valence-electron chi connectivity index (χ2n) is 10.3. The van der Waals surface area contributed by atoms with E-state index in [1.807, 2.05) is 62.2 Å². The van der Waals surface area contributed by atoms with Crippen LogP contribution in [0.2, 0.25) is 0 Å². The Morgan fingerprint density at radius 2 is 1.63 bits per heavy atom. The summed E-state index contributed by atoms with van der Waals surface area (Å²) in [6, 6.07) is 26.2. The summed E-state index contributed by atoms with van der Waals surface area (Å²) in [7, 11) is 0. The zero-order chi connectivity index (χ0) is 26.4. The highest BCUT2D eigenvalue weighted by atomic mass is 16.2. The molecule has 0 saturated carbocycles. The maximum Gasteiger partial charge on any atom is 0.255 e. The van der Waals surface area contributed by atoms with Crippen LogP contribution in [-0.2, 0) is 24.3 Å². The van der Waals surface area contributed by atoms with Gasteiger partial charge in [-0.25, -0.2) is 0 Å². The van der Waals surface area contributed by atoms with E-state index in [-0.39, 0.29) is 11.5 Å². The van der Waals surface area contributed by atoms with Crippen LogP contribution in [-0.4, -0.2) is 20.4 Å². The van der Waals surface area contributed by atoms with Gasteiger partial charge in [-0.05, 0) is 79.8 Å². The third kappa shape index (κ3) is 4.20. The zero-order valence-electron chi connectivity index (χ0n) is 21.9. The summed E-state index contributed by atoms with van der Waals surface area (Å²) in [6.07, 6.45) is 2.64. The Balaban J connectivity index is 1.46. The number of pyridine rings is 2. The molecule has 5 heteroatoms. The van der Waals surface area contributed by atoms with Crippen molar-refractivity contribution in [1.29, 1.82) is 0 Å². The van der Waals surface area contributed by atoms with Crippen LogP contribution in [0, 0.1) is 0 Å². The Labute approximate surface area is 221 Å². The number of hydrogen-bond donors (Lipinski definition) is 0. The van der Waals surface area contributed by atoms with Gasteiger partial charge in [-0.3, -0.25) is 19.1 Å². The molecule has 6 rings (SSSR count). The molecule has 0 unspecified atom stereocenters. The maximum atomic E-state index is 13.4. The van der Waals surface area contributed by atoms with E-state index in [0.29, 0.717) is 13.1 Å². The third-order valence-corrected chi connectivity index (χ3v) is 7.56. The fourth-order valence-corrected chi connectivity index (χ4v) is 5.27. The number of allylic oxidation sites excluding steroid dienone is 1. The molecule has 0 aliphatic carbocycles. The molecule has 0 N–H and O–H groups in total. The fraction of sp³-hybridized carbons (Fsp3) is 0.182. The summed E-state index contributed by atoms with van der Waals surface area (Å²) in [5.74, 6) is 0.0630. The van der Waals surface area contributed by atoms with E-state index in [1.54, 1.807) is 10.6 Å². The van der Waals surface area contributed by atoms with Gasteiger partial charge in [-0.1, -0.05) is 48.0 Å². The minimum absolute atomic E-state index is 0.0630. The van der Waals surface area contributed by atoms with Crippen LogP contribution < -0.4 is 5.56 Å². The minimum Gasteiger partial charge on any atom is -0.330 e. The smallest absolute Gasteiger partial charge is 0.255 e. The first-order chi connectivity index (χ1) is 18.4. The summed E-state index contributed by atoms with van der Waals surface area (Å²) in [5.41, 5.74) is 8.82. The molecular weight excluding hydrogens is 470 g/mol. The van der Waals surface area contributed by atoms with E-state index in [4.69, 9.17) is 0 Å². The lowest BCUT2D eigenvalue weighted by atomic mass is 10.0. The Kier molecular flexibility index (Phi) is 5.91. The molecule has 1 aliphatic rings. The van der Waals surface area contributed by atoms with Gasteiger partial charge in [-0.15, -0.1) is 0 Å². The van der Waals surface area contributed by atoms with Crippen molar-refractivity contribution in [1.82, 2.24) is 14.5 Å². The van der Waals surface area contributed by atoms with Crippen LogP contribution in [0.4, 0.5) is 0 Å². The van der Waals surface area contributed by atoms with Crippen molar-refractivity contribution >= 4 is 27.7 Å². The van der Waals surface area contributed by atoms with Crippen molar-refractivity contribution in [3.05, 3.63) is 129 Å². The molecule has 0 atom stereocenters. The predicted molar refractivity (Wildman–Crippen MR) is 152 cm³/mol. The molecule has 0 radical (unpaired) electrons. The molecule has 3 heterocycles. The summed E-state index contributed by atoms with van der Waals surface area (Å²) >= 11 is 0. The molecule has 0 spiro atoms. The number of aromatic nitrogens is 2. The summed E-state index contributed by atoms with van der Waals surface area (Å²) in [6.45, 7) is 6.93. The van der Waals surface area contributed by atoms with Gasteiger partial charge in [0.1, 0.15) is 0 Å². The summed E-state index contributed by atoms with van der Waals surface area (Å²) < 4.78 is 1.79. The van der Waals surface area contributed by atoms with Gasteiger partial charge in [0.15, 0.2) is 0 Å². The molecule has 1 amide bonds. The Hall–Kier alpha value is -4.51. The van der Waals surface area contributed by atoms with Crippen molar-refractivity contribution in [3.8, 4) is 5.69 Å². The van der Waals surface area contributed by atoms with Crippen LogP contribution >= 0.6 is 0 Å². The second kappa shape index (κ2) is 9.42. The van der Waals surface area contributed by atoms with Crippen LogP contribution in [0.5, 0.6) is 0 Å². The van der Waals surface area contributed by atoms with Gasteiger partial charge in [-0.2, -0.15) is 0 Å². The number of carbonyl (C=O) groups excluding carboxylic acids is 1. The molecule has 5 aromatic rings. The van der Waals surface area contributed by atoms with Gasteiger partial charge >= 0.3 is 0 Å². The molecule has 3 aromatic carbocycles. The topological polar surface area (TPSA) is 55.2 Å². The molecule has 2 aromatic heterocycles. The molecule has 0 saturated heterocycles. The van der Waals surface area contributed by atoms with E-state index >= 15 is 0 Å². The molecule has 0 fully saturated rings. The van der Waals surface area contributed by atoms with Crippen molar-refractivity contribution in [2.45, 2.75) is 40.3 Å². The maximum absolute atomic E-state index is 13.4. The Bertz CT molecular complexity index is 1810.